The number of anilines is 1. The lowest BCUT2D eigenvalue weighted by atomic mass is 10.1. The number of alkyl halides is 3. The molecule has 26 heavy (non-hydrogen) atoms. The van der Waals surface area contributed by atoms with Gasteiger partial charge in [0, 0.05) is 11.9 Å². The molecule has 0 aliphatic rings. The summed E-state index contributed by atoms with van der Waals surface area (Å²) in [4.78, 5) is 12.3. The predicted molar refractivity (Wildman–Crippen MR) is 91.9 cm³/mol. The van der Waals surface area contributed by atoms with Crippen molar-refractivity contribution < 1.29 is 18.0 Å². The Hall–Kier alpha value is -3.09. The molecule has 0 aliphatic heterocycles. The first kappa shape index (κ1) is 17.7. The van der Waals surface area contributed by atoms with Crippen LogP contribution >= 0.6 is 0 Å². The topological polar surface area (TPSA) is 46.9 Å². The number of amides is 1. The minimum Gasteiger partial charge on any atom is -0.322 e. The van der Waals surface area contributed by atoms with Crippen molar-refractivity contribution in [3.8, 4) is 0 Å². The molecule has 1 N–H and O–H groups in total. The zero-order valence-electron chi connectivity index (χ0n) is 13.9. The minimum absolute atomic E-state index is 0.0868. The molecule has 1 aromatic heterocycles. The van der Waals surface area contributed by atoms with Gasteiger partial charge in [0.15, 0.2) is 0 Å². The second kappa shape index (κ2) is 7.03. The van der Waals surface area contributed by atoms with Gasteiger partial charge >= 0.3 is 6.18 Å². The second-order valence-electron chi connectivity index (χ2n) is 5.89. The van der Waals surface area contributed by atoms with Crippen LogP contribution in [0.15, 0.2) is 60.9 Å². The Morgan fingerprint density at radius 1 is 1.15 bits per heavy atom. The summed E-state index contributed by atoms with van der Waals surface area (Å²) >= 11 is 0. The van der Waals surface area contributed by atoms with Gasteiger partial charge in [0.05, 0.1) is 23.9 Å². The molecule has 0 atom stereocenters. The molecule has 0 saturated carbocycles. The summed E-state index contributed by atoms with van der Waals surface area (Å²) in [5.41, 5.74) is 0.718. The third-order valence-corrected chi connectivity index (χ3v) is 3.88. The zero-order chi connectivity index (χ0) is 18.7. The van der Waals surface area contributed by atoms with Gasteiger partial charge in [0.25, 0.3) is 5.91 Å². The second-order valence-corrected chi connectivity index (χ2v) is 5.89. The van der Waals surface area contributed by atoms with E-state index in [1.165, 1.54) is 25.3 Å². The molecule has 7 heteroatoms. The van der Waals surface area contributed by atoms with Crippen LogP contribution in [0.4, 0.5) is 18.9 Å². The fraction of sp³-hybridized carbons (Fsp3) is 0.158. The molecule has 0 radical (unpaired) electrons. The molecule has 0 fully saturated rings. The summed E-state index contributed by atoms with van der Waals surface area (Å²) < 4.78 is 40.5. The summed E-state index contributed by atoms with van der Waals surface area (Å²) in [5, 5.41) is 6.60. The Kier molecular flexibility index (Phi) is 4.79. The number of rotatable bonds is 4. The third-order valence-electron chi connectivity index (χ3n) is 3.88. The number of aromatic nitrogens is 2. The van der Waals surface area contributed by atoms with E-state index in [9.17, 15) is 18.0 Å². The summed E-state index contributed by atoms with van der Waals surface area (Å²) in [6.07, 6.45) is -1.52. The molecule has 3 rings (SSSR count). The number of hydrogen-bond acceptors (Lipinski definition) is 2. The maximum absolute atomic E-state index is 13.0. The number of hydrogen-bond donors (Lipinski definition) is 1. The number of carbonyl (C=O) groups is 1. The zero-order valence-corrected chi connectivity index (χ0v) is 13.9. The van der Waals surface area contributed by atoms with Crippen LogP contribution in [0.2, 0.25) is 0 Å². The Labute approximate surface area is 148 Å². The normalized spacial score (nSPS) is 11.4. The highest BCUT2D eigenvalue weighted by atomic mass is 19.4. The number of halogens is 3. The number of nitrogens with one attached hydrogen (secondary N) is 1. The smallest absolute Gasteiger partial charge is 0.322 e. The van der Waals surface area contributed by atoms with Crippen molar-refractivity contribution in [2.24, 2.45) is 0 Å². The van der Waals surface area contributed by atoms with Crippen molar-refractivity contribution in [1.82, 2.24) is 9.78 Å². The van der Waals surface area contributed by atoms with E-state index in [1.54, 1.807) is 10.9 Å². The minimum atomic E-state index is -4.47. The quantitative estimate of drug-likeness (QED) is 0.745. The number of benzene rings is 2. The fourth-order valence-corrected chi connectivity index (χ4v) is 2.55. The first-order valence-corrected chi connectivity index (χ1v) is 7.88. The SMILES string of the molecule is Cc1ccc(NC(=O)c2cnn(Cc3ccccc3)c2)cc1C(F)(F)F. The van der Waals surface area contributed by atoms with Gasteiger partial charge in [-0.1, -0.05) is 36.4 Å². The summed E-state index contributed by atoms with van der Waals surface area (Å²) in [6.45, 7) is 1.87. The van der Waals surface area contributed by atoms with Gasteiger partial charge in [-0.3, -0.25) is 9.48 Å². The van der Waals surface area contributed by atoms with E-state index in [0.29, 0.717) is 6.54 Å². The maximum atomic E-state index is 13.0. The number of nitrogens with zero attached hydrogens (tertiary/aromatic N) is 2. The lowest BCUT2D eigenvalue weighted by molar-refractivity contribution is -0.138. The van der Waals surface area contributed by atoms with E-state index in [1.807, 2.05) is 30.3 Å². The highest BCUT2D eigenvalue weighted by Crippen LogP contribution is 2.33. The van der Waals surface area contributed by atoms with Crippen LogP contribution in [0.25, 0.3) is 0 Å². The van der Waals surface area contributed by atoms with Crippen LogP contribution in [0.5, 0.6) is 0 Å². The molecule has 0 bridgehead atoms. The van der Waals surface area contributed by atoms with E-state index in [-0.39, 0.29) is 16.8 Å². The first-order valence-electron chi connectivity index (χ1n) is 7.88. The van der Waals surface area contributed by atoms with Crippen LogP contribution in [-0.2, 0) is 12.7 Å². The highest BCUT2D eigenvalue weighted by molar-refractivity contribution is 6.04. The molecule has 0 saturated heterocycles. The monoisotopic (exact) mass is 359 g/mol. The number of aryl methyl sites for hydroxylation is 1. The molecule has 0 spiro atoms. The molecule has 134 valence electrons. The van der Waals surface area contributed by atoms with E-state index in [2.05, 4.69) is 10.4 Å². The molecular formula is C19H16F3N3O. The Morgan fingerprint density at radius 2 is 1.88 bits per heavy atom. The van der Waals surface area contributed by atoms with Crippen LogP contribution in [0.1, 0.15) is 27.0 Å². The van der Waals surface area contributed by atoms with E-state index < -0.39 is 17.6 Å². The molecular weight excluding hydrogens is 343 g/mol. The number of carbonyl (C=O) groups excluding carboxylic acids is 1. The van der Waals surface area contributed by atoms with Crippen molar-refractivity contribution >= 4 is 11.6 Å². The molecule has 2 aromatic carbocycles. The van der Waals surface area contributed by atoms with Crippen LogP contribution in [0, 0.1) is 6.92 Å². The van der Waals surface area contributed by atoms with E-state index >= 15 is 0 Å². The summed E-state index contributed by atoms with van der Waals surface area (Å²) in [7, 11) is 0. The molecule has 3 aromatic rings. The van der Waals surface area contributed by atoms with Crippen molar-refractivity contribution in [2.45, 2.75) is 19.6 Å². The van der Waals surface area contributed by atoms with Crippen molar-refractivity contribution in [1.29, 1.82) is 0 Å². The summed E-state index contributed by atoms with van der Waals surface area (Å²) in [6, 6.07) is 13.3. The van der Waals surface area contributed by atoms with E-state index in [0.717, 1.165) is 11.6 Å². The van der Waals surface area contributed by atoms with E-state index in [4.69, 9.17) is 0 Å². The largest absolute Gasteiger partial charge is 0.416 e. The maximum Gasteiger partial charge on any atom is 0.416 e. The van der Waals surface area contributed by atoms with Gasteiger partial charge in [-0.25, -0.2) is 0 Å². The van der Waals surface area contributed by atoms with Gasteiger partial charge in [0.2, 0.25) is 0 Å². The standard InChI is InChI=1S/C19H16F3N3O/c1-13-7-8-16(9-17(13)19(20,21)22)24-18(26)15-10-23-25(12-15)11-14-5-3-2-4-6-14/h2-10,12H,11H2,1H3,(H,24,26). The average molecular weight is 359 g/mol. The average Bonchev–Trinajstić information content (AvgIpc) is 3.05. The van der Waals surface area contributed by atoms with Crippen LogP contribution in [-0.4, -0.2) is 15.7 Å². The van der Waals surface area contributed by atoms with Gasteiger partial charge in [0.1, 0.15) is 0 Å². The third kappa shape index (κ3) is 4.11. The van der Waals surface area contributed by atoms with Crippen molar-refractivity contribution in [3.05, 3.63) is 83.2 Å². The van der Waals surface area contributed by atoms with Crippen LogP contribution in [0.3, 0.4) is 0 Å². The predicted octanol–water partition coefficient (Wildman–Crippen LogP) is 4.51. The van der Waals surface area contributed by atoms with Gasteiger partial charge in [-0.2, -0.15) is 18.3 Å². The Balaban J connectivity index is 1.73. The Bertz CT molecular complexity index is 917. The summed E-state index contributed by atoms with van der Waals surface area (Å²) in [5.74, 6) is -0.513. The van der Waals surface area contributed by atoms with Gasteiger partial charge in [-0.15, -0.1) is 0 Å². The highest BCUT2D eigenvalue weighted by Gasteiger charge is 2.32. The first-order chi connectivity index (χ1) is 12.3. The molecule has 1 amide bonds. The fourth-order valence-electron chi connectivity index (χ4n) is 2.55. The van der Waals surface area contributed by atoms with Crippen molar-refractivity contribution in [3.63, 3.8) is 0 Å². The Morgan fingerprint density at radius 3 is 2.58 bits per heavy atom. The lowest BCUT2D eigenvalue weighted by Gasteiger charge is -2.12. The molecule has 0 aliphatic carbocycles. The lowest BCUT2D eigenvalue weighted by Crippen LogP contribution is -2.13. The molecule has 0 unspecified atom stereocenters. The van der Waals surface area contributed by atoms with Crippen LogP contribution < -0.4 is 5.32 Å². The molecule has 1 heterocycles. The van der Waals surface area contributed by atoms with Gasteiger partial charge in [-0.05, 0) is 30.2 Å². The molecule has 4 nitrogen and oxygen atoms in total. The van der Waals surface area contributed by atoms with Gasteiger partial charge < -0.3 is 5.32 Å². The van der Waals surface area contributed by atoms with Crippen molar-refractivity contribution in [2.75, 3.05) is 5.32 Å².